The number of rotatable bonds is 7. The van der Waals surface area contributed by atoms with Crippen molar-refractivity contribution in [1.82, 2.24) is 5.32 Å². The molecule has 9 heteroatoms. The number of fused-ring (bicyclic) bond motifs is 2. The third-order valence-electron chi connectivity index (χ3n) is 4.28. The Labute approximate surface area is 192 Å². The van der Waals surface area contributed by atoms with Gasteiger partial charge in [-0.25, -0.2) is 9.59 Å². The van der Waals surface area contributed by atoms with Crippen LogP contribution < -0.4 is 19.7 Å². The second kappa shape index (κ2) is 12.6. The molecule has 0 saturated carbocycles. The Kier molecular flexibility index (Phi) is 9.84. The first-order chi connectivity index (χ1) is 15.3. The average molecular weight is 463 g/mol. The Morgan fingerprint density at radius 3 is 2.31 bits per heavy atom. The summed E-state index contributed by atoms with van der Waals surface area (Å²) in [5.74, 6) is -0.912. The summed E-state index contributed by atoms with van der Waals surface area (Å²) in [6, 6.07) is 14.2. The van der Waals surface area contributed by atoms with E-state index in [-0.39, 0.29) is 6.79 Å². The van der Waals surface area contributed by atoms with Crippen LogP contribution in [0.15, 0.2) is 54.6 Å². The first-order valence-electron chi connectivity index (χ1n) is 10.1. The summed E-state index contributed by atoms with van der Waals surface area (Å²) in [7, 11) is 0. The van der Waals surface area contributed by atoms with Crippen LogP contribution >= 0.6 is 11.6 Å². The van der Waals surface area contributed by atoms with Crippen LogP contribution in [0, 0.1) is 0 Å². The minimum absolute atomic E-state index is 0.189. The van der Waals surface area contributed by atoms with Crippen molar-refractivity contribution >= 4 is 34.9 Å². The molecule has 3 rings (SSSR count). The van der Waals surface area contributed by atoms with Crippen LogP contribution in [-0.2, 0) is 9.59 Å². The highest BCUT2D eigenvalue weighted by Crippen LogP contribution is 2.41. The summed E-state index contributed by atoms with van der Waals surface area (Å²) >= 11 is 6.24. The van der Waals surface area contributed by atoms with Crippen LogP contribution in [0.25, 0.3) is 0 Å². The summed E-state index contributed by atoms with van der Waals surface area (Å²) in [6.07, 6.45) is 2.11. The predicted octanol–water partition coefficient (Wildman–Crippen LogP) is 4.31. The van der Waals surface area contributed by atoms with Gasteiger partial charge in [-0.1, -0.05) is 37.6 Å². The molecule has 1 aliphatic rings. The number of hydrogen-bond acceptors (Lipinski definition) is 6. The van der Waals surface area contributed by atoms with Crippen molar-refractivity contribution in [2.75, 3.05) is 24.8 Å². The lowest BCUT2D eigenvalue weighted by molar-refractivity contribution is -0.134. The zero-order valence-electron chi connectivity index (χ0n) is 18.0. The normalized spacial score (nSPS) is 12.4. The lowest BCUT2D eigenvalue weighted by Crippen LogP contribution is -2.28. The van der Waals surface area contributed by atoms with E-state index in [1.165, 1.54) is 0 Å². The van der Waals surface area contributed by atoms with Crippen LogP contribution in [0.4, 0.5) is 11.4 Å². The van der Waals surface area contributed by atoms with Gasteiger partial charge < -0.3 is 29.9 Å². The van der Waals surface area contributed by atoms with Gasteiger partial charge in [0.25, 0.3) is 0 Å². The first kappa shape index (κ1) is 25.0. The number of ether oxygens (including phenoxy) is 2. The average Bonchev–Trinajstić information content (AvgIpc) is 2.73. The van der Waals surface area contributed by atoms with Gasteiger partial charge in [0.1, 0.15) is 11.5 Å². The second-order valence-electron chi connectivity index (χ2n) is 7.11. The molecule has 1 aliphatic heterocycles. The van der Waals surface area contributed by atoms with Crippen molar-refractivity contribution in [1.29, 1.82) is 0 Å². The number of benzene rings is 2. The SMILES string of the molecule is CC(C)NCCCN1c2ccccc2OCOc2ccc(Cl)cc21.O=C(O)/C=C\C(=O)O. The fraction of sp³-hybridized carbons (Fsp3) is 0.304. The highest BCUT2D eigenvalue weighted by Gasteiger charge is 2.21. The molecule has 1 heterocycles. The van der Waals surface area contributed by atoms with Crippen molar-refractivity contribution in [2.24, 2.45) is 0 Å². The van der Waals surface area contributed by atoms with Gasteiger partial charge in [-0.2, -0.15) is 0 Å². The molecule has 32 heavy (non-hydrogen) atoms. The van der Waals surface area contributed by atoms with Gasteiger partial charge in [-0.05, 0) is 43.3 Å². The Balaban J connectivity index is 0.000000390. The number of carboxylic acid groups (broad SMARTS) is 2. The molecule has 0 unspecified atom stereocenters. The number of para-hydroxylation sites is 2. The van der Waals surface area contributed by atoms with Crippen molar-refractivity contribution in [3.8, 4) is 11.5 Å². The number of halogens is 1. The van der Waals surface area contributed by atoms with Crippen LogP contribution in [0.1, 0.15) is 20.3 Å². The molecule has 172 valence electrons. The van der Waals surface area contributed by atoms with Gasteiger partial charge >= 0.3 is 11.9 Å². The quantitative estimate of drug-likeness (QED) is 0.412. The van der Waals surface area contributed by atoms with Crippen LogP contribution in [0.2, 0.25) is 5.02 Å². The zero-order chi connectivity index (χ0) is 23.5. The second-order valence-corrected chi connectivity index (χ2v) is 7.55. The Morgan fingerprint density at radius 1 is 1.06 bits per heavy atom. The van der Waals surface area contributed by atoms with E-state index < -0.39 is 11.9 Å². The third kappa shape index (κ3) is 8.13. The number of nitrogens with zero attached hydrogens (tertiary/aromatic N) is 1. The molecule has 0 fully saturated rings. The smallest absolute Gasteiger partial charge is 0.328 e. The summed E-state index contributed by atoms with van der Waals surface area (Å²) in [6.45, 7) is 6.30. The van der Waals surface area contributed by atoms with Gasteiger partial charge in [0.2, 0.25) is 6.79 Å². The van der Waals surface area contributed by atoms with Gasteiger partial charge in [0.15, 0.2) is 0 Å². The highest BCUT2D eigenvalue weighted by molar-refractivity contribution is 6.31. The molecule has 3 N–H and O–H groups in total. The van der Waals surface area contributed by atoms with Gasteiger partial charge in [-0.3, -0.25) is 0 Å². The Morgan fingerprint density at radius 2 is 1.69 bits per heavy atom. The molecule has 0 bridgehead atoms. The Bertz CT molecular complexity index is 932. The van der Waals surface area contributed by atoms with Crippen molar-refractivity contribution in [2.45, 2.75) is 26.3 Å². The zero-order valence-corrected chi connectivity index (χ0v) is 18.7. The van der Waals surface area contributed by atoms with E-state index in [0.717, 1.165) is 42.4 Å². The minimum Gasteiger partial charge on any atom is -0.478 e. The molecule has 0 amide bonds. The molecule has 0 saturated heterocycles. The van der Waals surface area contributed by atoms with Crippen molar-refractivity contribution < 1.29 is 29.3 Å². The van der Waals surface area contributed by atoms with Crippen LogP contribution in [0.5, 0.6) is 11.5 Å². The summed E-state index contributed by atoms with van der Waals surface area (Å²) in [5, 5.41) is 19.8. The van der Waals surface area contributed by atoms with E-state index in [0.29, 0.717) is 23.2 Å². The molecule has 0 radical (unpaired) electrons. The molecule has 8 nitrogen and oxygen atoms in total. The number of carboxylic acids is 2. The topological polar surface area (TPSA) is 108 Å². The molecular formula is C23H27ClN2O6. The Hall–Kier alpha value is -3.23. The van der Waals surface area contributed by atoms with E-state index in [4.69, 9.17) is 31.3 Å². The van der Waals surface area contributed by atoms with Crippen molar-refractivity contribution in [3.05, 3.63) is 59.6 Å². The standard InChI is InChI=1S/C19H23ClN2O2.C4H4O4/c1-14(2)21-10-5-11-22-16-6-3-4-7-18(16)23-13-24-19-9-8-15(20)12-17(19)22;5-3(6)1-2-4(7)8/h3-4,6-9,12,14,21H,5,10-11,13H2,1-2H3;1-2H,(H,5,6)(H,7,8)/b;2-1-. The fourth-order valence-electron chi connectivity index (χ4n) is 2.92. The van der Waals surface area contributed by atoms with Crippen LogP contribution in [0.3, 0.4) is 0 Å². The van der Waals surface area contributed by atoms with E-state index in [9.17, 15) is 9.59 Å². The largest absolute Gasteiger partial charge is 0.478 e. The molecule has 0 aromatic heterocycles. The third-order valence-corrected chi connectivity index (χ3v) is 4.51. The van der Waals surface area contributed by atoms with E-state index in [1.807, 2.05) is 36.4 Å². The van der Waals surface area contributed by atoms with E-state index in [1.54, 1.807) is 0 Å². The maximum Gasteiger partial charge on any atom is 0.328 e. The van der Waals surface area contributed by atoms with E-state index >= 15 is 0 Å². The maximum atomic E-state index is 9.55. The molecular weight excluding hydrogens is 436 g/mol. The monoisotopic (exact) mass is 462 g/mol. The molecule has 0 spiro atoms. The summed E-state index contributed by atoms with van der Waals surface area (Å²) < 4.78 is 11.6. The number of aliphatic carboxylic acids is 2. The first-order valence-corrected chi connectivity index (χ1v) is 10.4. The number of nitrogens with one attached hydrogen (secondary N) is 1. The lowest BCUT2D eigenvalue weighted by atomic mass is 10.2. The number of carbonyl (C=O) groups is 2. The highest BCUT2D eigenvalue weighted by atomic mass is 35.5. The van der Waals surface area contributed by atoms with Gasteiger partial charge in [0.05, 0.1) is 11.4 Å². The molecule has 0 atom stereocenters. The number of anilines is 2. The van der Waals surface area contributed by atoms with Gasteiger partial charge in [0, 0.05) is 29.8 Å². The fourth-order valence-corrected chi connectivity index (χ4v) is 3.09. The van der Waals surface area contributed by atoms with E-state index in [2.05, 4.69) is 30.1 Å². The minimum atomic E-state index is -1.26. The maximum absolute atomic E-state index is 9.55. The van der Waals surface area contributed by atoms with Crippen LogP contribution in [-0.4, -0.2) is 48.1 Å². The summed E-state index contributed by atoms with van der Waals surface area (Å²) in [5.41, 5.74) is 2.01. The molecule has 2 aromatic rings. The molecule has 0 aliphatic carbocycles. The number of hydrogen-bond donors (Lipinski definition) is 3. The predicted molar refractivity (Wildman–Crippen MR) is 123 cm³/mol. The summed E-state index contributed by atoms with van der Waals surface area (Å²) in [4.78, 5) is 21.3. The molecule has 2 aromatic carbocycles. The van der Waals surface area contributed by atoms with Gasteiger partial charge in [-0.15, -0.1) is 0 Å². The van der Waals surface area contributed by atoms with Crippen molar-refractivity contribution in [3.63, 3.8) is 0 Å². The lowest BCUT2D eigenvalue weighted by Gasteiger charge is -2.31.